The van der Waals surface area contributed by atoms with E-state index >= 15 is 0 Å². The second-order valence-corrected chi connectivity index (χ2v) is 10.8. The molecule has 200 valence electrons. The summed E-state index contributed by atoms with van der Waals surface area (Å²) < 4.78 is 5.44. The fraction of sp³-hybridized carbons (Fsp3) is 0.414. The third-order valence-electron chi connectivity index (χ3n) is 7.23. The first-order chi connectivity index (χ1) is 18.3. The molecule has 1 fully saturated rings. The van der Waals surface area contributed by atoms with Gasteiger partial charge in [0.1, 0.15) is 11.6 Å². The highest BCUT2D eigenvalue weighted by atomic mass is 35.5. The molecule has 3 heterocycles. The molecule has 1 N–H and O–H groups in total. The van der Waals surface area contributed by atoms with E-state index in [0.29, 0.717) is 0 Å². The zero-order valence-electron chi connectivity index (χ0n) is 22.8. The monoisotopic (exact) mass is 533 g/mol. The molecular formula is C29H36ClN7O. The van der Waals surface area contributed by atoms with E-state index in [1.807, 2.05) is 32.0 Å². The Hall–Kier alpha value is -3.20. The van der Waals surface area contributed by atoms with Crippen molar-refractivity contribution in [3.8, 4) is 11.1 Å². The minimum Gasteiger partial charge on any atom is -0.363 e. The number of fused-ring (bicyclic) bond motifs is 1. The standard InChI is InChI=1S/C29H36ClN7O/c1-19(22-7-6-8-24(30)17-22)31-28-25-18-23(27-20(2)34-38-21(27)3)9-10-26(25)32-29(33-28)37-15-13-36(14-16-37)12-11-35(4)5/h6-10,17-19H,11-16H2,1-5H3,(H,31,32,33). The van der Waals surface area contributed by atoms with Crippen LogP contribution in [0.1, 0.15) is 30.0 Å². The van der Waals surface area contributed by atoms with Crippen LogP contribution in [0.15, 0.2) is 47.0 Å². The molecule has 1 aliphatic rings. The Bertz CT molecular complexity index is 1390. The zero-order chi connectivity index (χ0) is 26.8. The maximum Gasteiger partial charge on any atom is 0.227 e. The van der Waals surface area contributed by atoms with Gasteiger partial charge in [0, 0.05) is 55.2 Å². The largest absolute Gasteiger partial charge is 0.363 e. The summed E-state index contributed by atoms with van der Waals surface area (Å²) in [6.07, 6.45) is 0. The van der Waals surface area contributed by atoms with Crippen molar-refractivity contribution in [2.75, 3.05) is 63.6 Å². The molecule has 0 aliphatic carbocycles. The molecule has 9 heteroatoms. The third kappa shape index (κ3) is 5.77. The summed E-state index contributed by atoms with van der Waals surface area (Å²) in [5, 5.41) is 9.49. The highest BCUT2D eigenvalue weighted by Gasteiger charge is 2.22. The first-order valence-electron chi connectivity index (χ1n) is 13.2. The van der Waals surface area contributed by atoms with Gasteiger partial charge in [0.05, 0.1) is 17.3 Å². The van der Waals surface area contributed by atoms with E-state index in [9.17, 15) is 0 Å². The molecule has 0 spiro atoms. The van der Waals surface area contributed by atoms with Crippen molar-refractivity contribution in [1.29, 1.82) is 0 Å². The Balaban J connectivity index is 1.49. The molecule has 4 aromatic rings. The van der Waals surface area contributed by atoms with E-state index in [2.05, 4.69) is 70.5 Å². The van der Waals surface area contributed by atoms with Crippen LogP contribution in [-0.2, 0) is 0 Å². The summed E-state index contributed by atoms with van der Waals surface area (Å²) in [5.74, 6) is 2.37. The van der Waals surface area contributed by atoms with Crippen LogP contribution in [0.2, 0.25) is 5.02 Å². The Morgan fingerprint density at radius 1 is 1.05 bits per heavy atom. The first kappa shape index (κ1) is 26.4. The number of benzene rings is 2. The third-order valence-corrected chi connectivity index (χ3v) is 7.46. The quantitative estimate of drug-likeness (QED) is 0.322. The maximum absolute atomic E-state index is 6.29. The smallest absolute Gasteiger partial charge is 0.227 e. The lowest BCUT2D eigenvalue weighted by atomic mass is 10.0. The molecule has 38 heavy (non-hydrogen) atoms. The van der Waals surface area contributed by atoms with Crippen LogP contribution in [0.5, 0.6) is 0 Å². The fourth-order valence-electron chi connectivity index (χ4n) is 5.00. The van der Waals surface area contributed by atoms with Crippen LogP contribution >= 0.6 is 11.6 Å². The average molecular weight is 534 g/mol. The lowest BCUT2D eigenvalue weighted by molar-refractivity contribution is 0.229. The summed E-state index contributed by atoms with van der Waals surface area (Å²) >= 11 is 6.29. The number of hydrogen-bond donors (Lipinski definition) is 1. The van der Waals surface area contributed by atoms with E-state index in [1.54, 1.807) is 0 Å². The number of likely N-dealkylation sites (N-methyl/N-ethyl adjacent to an activating group) is 1. The van der Waals surface area contributed by atoms with Crippen LogP contribution in [0, 0.1) is 13.8 Å². The molecule has 0 amide bonds. The lowest BCUT2D eigenvalue weighted by Crippen LogP contribution is -2.48. The van der Waals surface area contributed by atoms with E-state index in [1.165, 1.54) is 0 Å². The van der Waals surface area contributed by atoms with Gasteiger partial charge in [0.15, 0.2) is 0 Å². The van der Waals surface area contributed by atoms with Crippen LogP contribution in [0.4, 0.5) is 11.8 Å². The molecule has 8 nitrogen and oxygen atoms in total. The van der Waals surface area contributed by atoms with Crippen LogP contribution < -0.4 is 10.2 Å². The summed E-state index contributed by atoms with van der Waals surface area (Å²) in [7, 11) is 4.24. The van der Waals surface area contributed by atoms with Gasteiger partial charge in [-0.1, -0.05) is 35.0 Å². The maximum atomic E-state index is 6.29. The van der Waals surface area contributed by atoms with E-state index in [-0.39, 0.29) is 6.04 Å². The molecule has 5 rings (SSSR count). The number of aromatic nitrogens is 3. The van der Waals surface area contributed by atoms with Gasteiger partial charge in [-0.3, -0.25) is 4.90 Å². The number of nitrogens with one attached hydrogen (secondary N) is 1. The SMILES string of the molecule is Cc1noc(C)c1-c1ccc2nc(N3CCN(CCN(C)C)CC3)nc(NC(C)c3cccc(Cl)c3)c2c1. The number of rotatable bonds is 8. The Labute approximate surface area is 229 Å². The number of hydrogen-bond acceptors (Lipinski definition) is 8. The molecule has 1 unspecified atom stereocenters. The van der Waals surface area contributed by atoms with Crippen molar-refractivity contribution in [1.82, 2.24) is 24.9 Å². The number of anilines is 2. The summed E-state index contributed by atoms with van der Waals surface area (Å²) in [6, 6.07) is 14.2. The van der Waals surface area contributed by atoms with Gasteiger partial charge < -0.3 is 19.6 Å². The predicted molar refractivity (Wildman–Crippen MR) is 155 cm³/mol. The van der Waals surface area contributed by atoms with E-state index < -0.39 is 0 Å². The first-order valence-corrected chi connectivity index (χ1v) is 13.6. The highest BCUT2D eigenvalue weighted by molar-refractivity contribution is 6.30. The van der Waals surface area contributed by atoms with Gasteiger partial charge in [0.2, 0.25) is 5.95 Å². The lowest BCUT2D eigenvalue weighted by Gasteiger charge is -2.35. The van der Waals surface area contributed by atoms with Crippen molar-refractivity contribution >= 4 is 34.3 Å². The van der Waals surface area contributed by atoms with E-state index in [4.69, 9.17) is 26.1 Å². The van der Waals surface area contributed by atoms with Gasteiger partial charge in [0.25, 0.3) is 0 Å². The summed E-state index contributed by atoms with van der Waals surface area (Å²) in [4.78, 5) is 17.1. The fourth-order valence-corrected chi connectivity index (χ4v) is 5.19. The zero-order valence-corrected chi connectivity index (χ0v) is 23.6. The molecule has 0 saturated carbocycles. The molecule has 0 bridgehead atoms. The van der Waals surface area contributed by atoms with Gasteiger partial charge in [-0.15, -0.1) is 0 Å². The van der Waals surface area contributed by atoms with Gasteiger partial charge >= 0.3 is 0 Å². The molecule has 0 radical (unpaired) electrons. The Morgan fingerprint density at radius 3 is 2.53 bits per heavy atom. The van der Waals surface area contributed by atoms with Gasteiger partial charge in [-0.25, -0.2) is 4.98 Å². The molecule has 2 aromatic heterocycles. The topological polar surface area (TPSA) is 73.6 Å². The highest BCUT2D eigenvalue weighted by Crippen LogP contribution is 2.34. The number of aryl methyl sites for hydroxylation is 2. The normalized spacial score (nSPS) is 15.4. The van der Waals surface area contributed by atoms with Crippen molar-refractivity contribution in [3.05, 3.63) is 64.5 Å². The van der Waals surface area contributed by atoms with Crippen LogP contribution in [-0.4, -0.2) is 78.3 Å². The van der Waals surface area contributed by atoms with Gasteiger partial charge in [-0.05, 0) is 70.3 Å². The van der Waals surface area contributed by atoms with Crippen molar-refractivity contribution in [2.45, 2.75) is 26.8 Å². The summed E-state index contributed by atoms with van der Waals surface area (Å²) in [5.41, 5.74) is 4.92. The van der Waals surface area contributed by atoms with Crippen molar-refractivity contribution < 1.29 is 4.52 Å². The molecule has 1 saturated heterocycles. The number of halogens is 1. The minimum atomic E-state index is 0.00486. The molecule has 2 aromatic carbocycles. The van der Waals surface area contributed by atoms with E-state index in [0.717, 1.165) is 95.1 Å². The second kappa shape index (κ2) is 11.3. The van der Waals surface area contributed by atoms with Crippen LogP contribution in [0.25, 0.3) is 22.0 Å². The number of nitrogens with zero attached hydrogens (tertiary/aromatic N) is 6. The van der Waals surface area contributed by atoms with Gasteiger partial charge in [-0.2, -0.15) is 4.98 Å². The molecule has 1 aliphatic heterocycles. The minimum absolute atomic E-state index is 0.00486. The summed E-state index contributed by atoms with van der Waals surface area (Å²) in [6.45, 7) is 12.0. The van der Waals surface area contributed by atoms with Crippen LogP contribution in [0.3, 0.4) is 0 Å². The predicted octanol–water partition coefficient (Wildman–Crippen LogP) is 5.41. The number of piperazine rings is 1. The Kier molecular flexibility index (Phi) is 7.83. The Morgan fingerprint density at radius 2 is 1.84 bits per heavy atom. The average Bonchev–Trinajstić information content (AvgIpc) is 3.25. The molecular weight excluding hydrogens is 498 g/mol. The van der Waals surface area contributed by atoms with Crippen molar-refractivity contribution in [2.24, 2.45) is 0 Å². The second-order valence-electron chi connectivity index (χ2n) is 10.4. The van der Waals surface area contributed by atoms with Crippen molar-refractivity contribution in [3.63, 3.8) is 0 Å². The molecule has 1 atom stereocenters.